The van der Waals surface area contributed by atoms with Gasteiger partial charge >= 0.3 is 11.9 Å². The Balaban J connectivity index is 0.000000469. The van der Waals surface area contributed by atoms with Gasteiger partial charge in [-0.25, -0.2) is 9.59 Å². The average Bonchev–Trinajstić information content (AvgIpc) is 3.80. The fourth-order valence-corrected chi connectivity index (χ4v) is 3.25. The van der Waals surface area contributed by atoms with Gasteiger partial charge < -0.3 is 38.6 Å². The van der Waals surface area contributed by atoms with Gasteiger partial charge in [0.25, 0.3) is 0 Å². The van der Waals surface area contributed by atoms with Gasteiger partial charge in [-0.15, -0.1) is 0 Å². The number of hydrogen-bond acceptors (Lipinski definition) is 8. The maximum absolute atomic E-state index is 9.88. The maximum Gasteiger partial charge on any atom is 0.329 e. The minimum absolute atomic E-state index is 0. The van der Waals surface area contributed by atoms with E-state index < -0.39 is 25.2 Å². The molecular weight excluding hydrogens is 496 g/mol. The molecule has 2 N–H and O–H groups in total. The maximum atomic E-state index is 9.88. The highest BCUT2D eigenvalue weighted by Gasteiger charge is 2.25. The van der Waals surface area contributed by atoms with E-state index in [9.17, 15) is 9.59 Å². The van der Waals surface area contributed by atoms with Crippen LogP contribution in [0.4, 0.5) is 0 Å². The summed E-state index contributed by atoms with van der Waals surface area (Å²) in [6.45, 7) is 6.75. The predicted molar refractivity (Wildman–Crippen MR) is 141 cm³/mol. The van der Waals surface area contributed by atoms with Crippen LogP contribution in [0.2, 0.25) is 0 Å². The molecule has 10 nitrogen and oxygen atoms in total. The first-order valence-electron chi connectivity index (χ1n) is 12.0. The monoisotopic (exact) mass is 537 g/mol. The zero-order chi connectivity index (χ0) is 26.7. The summed E-state index contributed by atoms with van der Waals surface area (Å²) in [5.41, 5.74) is 2.42. The van der Waals surface area contributed by atoms with Gasteiger partial charge in [-0.1, -0.05) is 45.5 Å². The molecule has 212 valence electrons. The topological polar surface area (TPSA) is 137 Å². The Bertz CT molecular complexity index is 907. The molecular formula is C28H40O10. The third-order valence-electron chi connectivity index (χ3n) is 5.65. The highest BCUT2D eigenvalue weighted by molar-refractivity contribution is 5.68. The molecule has 2 unspecified atom stereocenters. The summed E-state index contributed by atoms with van der Waals surface area (Å²) in [5.74, 6) is -0.344. The Kier molecular flexibility index (Phi) is 12.5. The normalized spacial score (nSPS) is 17.3. The summed E-state index contributed by atoms with van der Waals surface area (Å²) >= 11 is 0. The van der Waals surface area contributed by atoms with Gasteiger partial charge in [-0.2, -0.15) is 0 Å². The third kappa shape index (κ3) is 11.5. The predicted octanol–water partition coefficient (Wildman–Crippen LogP) is 3.64. The first-order valence-corrected chi connectivity index (χ1v) is 12.0. The summed E-state index contributed by atoms with van der Waals surface area (Å²) < 4.78 is 30.9. The molecule has 2 aliphatic rings. The van der Waals surface area contributed by atoms with Gasteiger partial charge in [-0.05, 0) is 35.4 Å². The van der Waals surface area contributed by atoms with E-state index >= 15 is 0 Å². The van der Waals surface area contributed by atoms with Crippen molar-refractivity contribution in [2.75, 3.05) is 52.9 Å². The van der Waals surface area contributed by atoms with Crippen molar-refractivity contribution in [1.29, 1.82) is 0 Å². The molecule has 2 atom stereocenters. The van der Waals surface area contributed by atoms with Crippen LogP contribution in [-0.2, 0) is 34.0 Å². The van der Waals surface area contributed by atoms with E-state index in [4.69, 9.17) is 29.2 Å². The summed E-state index contributed by atoms with van der Waals surface area (Å²) in [4.78, 5) is 19.8. The minimum Gasteiger partial charge on any atom is -0.491 e. The lowest BCUT2D eigenvalue weighted by Crippen LogP contribution is -2.18. The second-order valence-corrected chi connectivity index (χ2v) is 9.10. The molecule has 2 aliphatic heterocycles. The number of rotatable bonds is 15. The number of ether oxygens (including phenoxy) is 6. The van der Waals surface area contributed by atoms with E-state index in [-0.39, 0.29) is 39.7 Å². The highest BCUT2D eigenvalue weighted by Crippen LogP contribution is 2.33. The van der Waals surface area contributed by atoms with Crippen molar-refractivity contribution in [2.45, 2.75) is 38.9 Å². The number of carboxylic acid groups (broad SMARTS) is 2. The number of aliphatic carboxylic acids is 2. The second kappa shape index (κ2) is 15.3. The molecule has 0 spiro atoms. The molecule has 0 amide bonds. The smallest absolute Gasteiger partial charge is 0.329 e. The zero-order valence-corrected chi connectivity index (χ0v) is 21.1. The average molecular weight is 538 g/mol. The van der Waals surface area contributed by atoms with Crippen molar-refractivity contribution in [3.63, 3.8) is 0 Å². The van der Waals surface area contributed by atoms with Gasteiger partial charge in [-0.3, -0.25) is 0 Å². The van der Waals surface area contributed by atoms with Crippen molar-refractivity contribution in [2.24, 2.45) is 0 Å². The molecule has 0 radical (unpaired) electrons. The van der Waals surface area contributed by atoms with Gasteiger partial charge in [0.15, 0.2) is 0 Å². The van der Waals surface area contributed by atoms with Gasteiger partial charge in [0.1, 0.15) is 50.1 Å². The Labute approximate surface area is 224 Å². The van der Waals surface area contributed by atoms with Crippen molar-refractivity contribution in [1.82, 2.24) is 0 Å². The molecule has 2 aromatic carbocycles. The zero-order valence-electron chi connectivity index (χ0n) is 21.1. The summed E-state index contributed by atoms with van der Waals surface area (Å²) in [6.07, 6.45) is 0.562. The van der Waals surface area contributed by atoms with Crippen molar-refractivity contribution < 1.29 is 49.6 Å². The standard InChI is InChI=1S/C21H24O4.C6H10O6.CH4.H2/c1-21(2,15-3-7-17(8-4-15)22-11-19-13-24-19)16-5-9-18(10-6-16)23-12-20-14-25-20;7-5(8)3-11-1-2-12-4-6(9)10;;/h3-10,19-20H,11-14H2,1-2H3;1-4H2,(H,7,8)(H,9,10);1H4;1H/i;;;1+1. The van der Waals surface area contributed by atoms with Crippen LogP contribution in [0.5, 0.6) is 11.5 Å². The number of epoxide rings is 2. The number of carbonyl (C=O) groups is 2. The van der Waals surface area contributed by atoms with Crippen LogP contribution in [0.25, 0.3) is 0 Å². The summed E-state index contributed by atoms with van der Waals surface area (Å²) in [6, 6.07) is 16.7. The van der Waals surface area contributed by atoms with Crippen LogP contribution >= 0.6 is 0 Å². The lowest BCUT2D eigenvalue weighted by atomic mass is 9.78. The molecule has 4 rings (SSSR count). The van der Waals surface area contributed by atoms with Gasteiger partial charge in [0.05, 0.1) is 26.4 Å². The molecule has 10 heteroatoms. The van der Waals surface area contributed by atoms with E-state index in [0.29, 0.717) is 13.2 Å². The molecule has 2 fully saturated rings. The van der Waals surface area contributed by atoms with Crippen LogP contribution in [-0.4, -0.2) is 87.2 Å². The largest absolute Gasteiger partial charge is 0.491 e. The molecule has 2 heterocycles. The molecule has 38 heavy (non-hydrogen) atoms. The Morgan fingerprint density at radius 3 is 1.42 bits per heavy atom. The van der Waals surface area contributed by atoms with E-state index in [0.717, 1.165) is 24.7 Å². The van der Waals surface area contributed by atoms with E-state index in [1.165, 1.54) is 11.1 Å². The number of benzene rings is 2. The Morgan fingerprint density at radius 1 is 0.789 bits per heavy atom. The Morgan fingerprint density at radius 2 is 1.13 bits per heavy atom. The van der Waals surface area contributed by atoms with Gasteiger partial charge in [0, 0.05) is 6.84 Å². The molecule has 0 aliphatic carbocycles. The second-order valence-electron chi connectivity index (χ2n) is 9.10. The highest BCUT2D eigenvalue weighted by atomic mass is 16.6. The van der Waals surface area contributed by atoms with Crippen molar-refractivity contribution in [3.05, 3.63) is 59.7 Å². The van der Waals surface area contributed by atoms with Crippen LogP contribution in [0.1, 0.15) is 33.8 Å². The summed E-state index contributed by atoms with van der Waals surface area (Å²) in [7, 11) is 0. The quantitative estimate of drug-likeness (QED) is 0.256. The van der Waals surface area contributed by atoms with Crippen LogP contribution in [0.3, 0.4) is 0 Å². The first kappa shape index (κ1) is 31.0. The fraction of sp³-hybridized carbons (Fsp3) is 0.500. The van der Waals surface area contributed by atoms with Crippen molar-refractivity contribution >= 4 is 11.9 Å². The summed E-state index contributed by atoms with van der Waals surface area (Å²) in [5, 5.41) is 16.2. The first-order chi connectivity index (χ1) is 17.7. The molecule has 0 saturated carbocycles. The van der Waals surface area contributed by atoms with Crippen LogP contribution in [0.15, 0.2) is 48.5 Å². The van der Waals surface area contributed by atoms with Crippen LogP contribution in [0, 0.1) is 0 Å². The fourth-order valence-electron chi connectivity index (χ4n) is 3.25. The third-order valence-corrected chi connectivity index (χ3v) is 5.65. The molecule has 0 aromatic heterocycles. The van der Waals surface area contributed by atoms with Crippen LogP contribution < -0.4 is 9.47 Å². The lowest BCUT2D eigenvalue weighted by Gasteiger charge is -2.26. The van der Waals surface area contributed by atoms with Gasteiger partial charge in [0.2, 0.25) is 0 Å². The van der Waals surface area contributed by atoms with E-state index in [2.05, 4.69) is 47.6 Å². The molecule has 2 saturated heterocycles. The molecule has 2 aromatic rings. The Hall–Kier alpha value is -3.18. The van der Waals surface area contributed by atoms with Crippen molar-refractivity contribution in [3.8, 4) is 11.5 Å². The SMILES string of the molecule is C.CC(C)(c1ccc(OCC2CO2)cc1)c1ccc(OCC2CO2)cc1.O=C(O)COCCOCC(=O)O.[2HH]. The number of carboxylic acids is 2. The van der Waals surface area contributed by atoms with E-state index in [1.54, 1.807) is 0 Å². The number of hydrogen-bond donors (Lipinski definition) is 2. The lowest BCUT2D eigenvalue weighted by molar-refractivity contribution is -0.146. The minimum atomic E-state index is -1.06. The van der Waals surface area contributed by atoms with E-state index in [1.807, 2.05) is 24.3 Å². The molecule has 0 bridgehead atoms.